The molecule has 182 valence electrons. The molecule has 8 rings (SSSR count). The molecule has 0 atom stereocenters. The van der Waals surface area contributed by atoms with Gasteiger partial charge in [-0.3, -0.25) is 0 Å². The summed E-state index contributed by atoms with van der Waals surface area (Å²) in [6, 6.07) is 52.1. The first kappa shape index (κ1) is 21.9. The first-order valence-electron chi connectivity index (χ1n) is 13.4. The minimum absolute atomic E-state index is 0.927. The number of hydrogen-bond acceptors (Lipinski definition) is 1. The summed E-state index contributed by atoms with van der Waals surface area (Å²) >= 11 is 0. The lowest BCUT2D eigenvalue weighted by atomic mass is 9.92. The van der Waals surface area contributed by atoms with E-state index < -0.39 is 0 Å². The van der Waals surface area contributed by atoms with E-state index in [-0.39, 0.29) is 0 Å². The molecular formula is C38H24O. The molecule has 7 aromatic carbocycles. The van der Waals surface area contributed by atoms with Gasteiger partial charge < -0.3 is 4.42 Å². The molecule has 1 heteroatoms. The summed E-state index contributed by atoms with van der Waals surface area (Å²) in [7, 11) is 0. The minimum Gasteiger partial charge on any atom is -0.455 e. The van der Waals surface area contributed by atoms with Gasteiger partial charge in [-0.15, -0.1) is 0 Å². The van der Waals surface area contributed by atoms with Crippen molar-refractivity contribution < 1.29 is 4.42 Å². The summed E-state index contributed by atoms with van der Waals surface area (Å²) in [6.07, 6.45) is 0. The summed E-state index contributed by atoms with van der Waals surface area (Å²) in [5, 5.41) is 7.46. The van der Waals surface area contributed by atoms with E-state index >= 15 is 0 Å². The normalized spacial score (nSPS) is 11.6. The van der Waals surface area contributed by atoms with E-state index in [2.05, 4.69) is 133 Å². The van der Waals surface area contributed by atoms with Gasteiger partial charge in [0.1, 0.15) is 11.2 Å². The molecule has 0 saturated heterocycles. The molecule has 0 saturated carbocycles. The number of para-hydroxylation sites is 2. The molecule has 1 nitrogen and oxygen atoms in total. The van der Waals surface area contributed by atoms with Gasteiger partial charge in [-0.25, -0.2) is 0 Å². The fourth-order valence-electron chi connectivity index (χ4n) is 5.95. The van der Waals surface area contributed by atoms with Gasteiger partial charge in [-0.1, -0.05) is 133 Å². The van der Waals surface area contributed by atoms with Crippen molar-refractivity contribution in [3.8, 4) is 33.4 Å². The van der Waals surface area contributed by atoms with Gasteiger partial charge >= 0.3 is 0 Å². The van der Waals surface area contributed by atoms with Gasteiger partial charge in [-0.05, 0) is 61.5 Å². The van der Waals surface area contributed by atoms with Crippen LogP contribution in [0.4, 0.5) is 0 Å². The quantitative estimate of drug-likeness (QED) is 0.222. The largest absolute Gasteiger partial charge is 0.455 e. The van der Waals surface area contributed by atoms with Crippen molar-refractivity contribution in [2.45, 2.75) is 0 Å². The average Bonchev–Trinajstić information content (AvgIpc) is 3.40. The minimum atomic E-state index is 0.927. The standard InChI is InChI=1S/C38H24O/c1-2-9-30-29(8-1)24-36(33-11-4-3-10-32(30)33)28-22-18-26(19-23-28)25-16-20-27(21-17-25)31-13-7-14-35-34-12-5-6-15-37(34)39-38(31)35/h1-24H. The molecule has 0 radical (unpaired) electrons. The van der Waals surface area contributed by atoms with Crippen LogP contribution in [-0.4, -0.2) is 0 Å². The van der Waals surface area contributed by atoms with Crippen LogP contribution in [0.3, 0.4) is 0 Å². The van der Waals surface area contributed by atoms with Crippen LogP contribution in [-0.2, 0) is 0 Å². The molecule has 1 aromatic heterocycles. The van der Waals surface area contributed by atoms with Crippen molar-refractivity contribution in [1.82, 2.24) is 0 Å². The Kier molecular flexibility index (Phi) is 4.89. The molecule has 0 aliphatic heterocycles. The highest BCUT2D eigenvalue weighted by Gasteiger charge is 2.12. The Morgan fingerprint density at radius 3 is 1.62 bits per heavy atom. The van der Waals surface area contributed by atoms with E-state index in [0.717, 1.165) is 33.1 Å². The SMILES string of the molecule is c1ccc2c(c1)cc(-c1ccc(-c3ccc(-c4cccc5c4oc4ccccc45)cc3)cc1)c1ccccc12. The van der Waals surface area contributed by atoms with Crippen LogP contribution in [0.2, 0.25) is 0 Å². The third-order valence-corrected chi connectivity index (χ3v) is 7.90. The molecular weight excluding hydrogens is 472 g/mol. The zero-order valence-electron chi connectivity index (χ0n) is 21.3. The fourth-order valence-corrected chi connectivity index (χ4v) is 5.95. The van der Waals surface area contributed by atoms with Crippen molar-refractivity contribution in [2.24, 2.45) is 0 Å². The van der Waals surface area contributed by atoms with Gasteiger partial charge in [0.05, 0.1) is 0 Å². The predicted octanol–water partition coefficient (Wildman–Crippen LogP) is 10.9. The molecule has 0 amide bonds. The molecule has 0 spiro atoms. The van der Waals surface area contributed by atoms with Crippen molar-refractivity contribution in [3.05, 3.63) is 146 Å². The molecule has 0 unspecified atom stereocenters. The van der Waals surface area contributed by atoms with Gasteiger partial charge in [0, 0.05) is 16.3 Å². The zero-order valence-corrected chi connectivity index (χ0v) is 21.3. The summed E-state index contributed by atoms with van der Waals surface area (Å²) in [5.41, 5.74) is 9.05. The van der Waals surface area contributed by atoms with Crippen molar-refractivity contribution >= 4 is 43.5 Å². The van der Waals surface area contributed by atoms with E-state index in [1.807, 2.05) is 12.1 Å². The second-order valence-electron chi connectivity index (χ2n) is 10.1. The summed E-state index contributed by atoms with van der Waals surface area (Å²) in [4.78, 5) is 0. The highest BCUT2D eigenvalue weighted by molar-refractivity contribution is 6.14. The highest BCUT2D eigenvalue weighted by atomic mass is 16.3. The van der Waals surface area contributed by atoms with E-state index in [9.17, 15) is 0 Å². The van der Waals surface area contributed by atoms with Gasteiger partial charge in [-0.2, -0.15) is 0 Å². The average molecular weight is 497 g/mol. The van der Waals surface area contributed by atoms with Gasteiger partial charge in [0.15, 0.2) is 0 Å². The third kappa shape index (κ3) is 3.55. The van der Waals surface area contributed by atoms with Gasteiger partial charge in [0.2, 0.25) is 0 Å². The Bertz CT molecular complexity index is 2150. The Morgan fingerprint density at radius 1 is 0.333 bits per heavy atom. The maximum absolute atomic E-state index is 6.27. The Morgan fingerprint density at radius 2 is 0.872 bits per heavy atom. The Labute approximate surface area is 226 Å². The Hall–Kier alpha value is -5.14. The smallest absolute Gasteiger partial charge is 0.143 e. The number of benzene rings is 7. The topological polar surface area (TPSA) is 13.1 Å². The van der Waals surface area contributed by atoms with Crippen molar-refractivity contribution in [3.63, 3.8) is 0 Å². The third-order valence-electron chi connectivity index (χ3n) is 7.90. The lowest BCUT2D eigenvalue weighted by Crippen LogP contribution is -1.85. The van der Waals surface area contributed by atoms with E-state index in [4.69, 9.17) is 4.42 Å². The lowest BCUT2D eigenvalue weighted by molar-refractivity contribution is 0.670. The van der Waals surface area contributed by atoms with E-state index in [1.54, 1.807) is 0 Å². The Balaban J connectivity index is 1.16. The van der Waals surface area contributed by atoms with Crippen LogP contribution in [0.5, 0.6) is 0 Å². The maximum atomic E-state index is 6.27. The lowest BCUT2D eigenvalue weighted by Gasteiger charge is -2.12. The molecule has 1 heterocycles. The maximum Gasteiger partial charge on any atom is 0.143 e. The molecule has 39 heavy (non-hydrogen) atoms. The van der Waals surface area contributed by atoms with Crippen molar-refractivity contribution in [1.29, 1.82) is 0 Å². The summed E-state index contributed by atoms with van der Waals surface area (Å²) in [5.74, 6) is 0. The molecule has 0 bridgehead atoms. The first-order valence-corrected chi connectivity index (χ1v) is 13.4. The summed E-state index contributed by atoms with van der Waals surface area (Å²) in [6.45, 7) is 0. The highest BCUT2D eigenvalue weighted by Crippen LogP contribution is 2.38. The molecule has 8 aromatic rings. The van der Waals surface area contributed by atoms with E-state index in [1.165, 1.54) is 43.8 Å². The van der Waals surface area contributed by atoms with Crippen LogP contribution in [0.25, 0.3) is 76.9 Å². The van der Waals surface area contributed by atoms with Gasteiger partial charge in [0.25, 0.3) is 0 Å². The van der Waals surface area contributed by atoms with Crippen LogP contribution < -0.4 is 0 Å². The first-order chi connectivity index (χ1) is 19.3. The number of rotatable bonds is 3. The summed E-state index contributed by atoms with van der Waals surface area (Å²) < 4.78 is 6.27. The number of fused-ring (bicyclic) bond motifs is 6. The zero-order chi connectivity index (χ0) is 25.8. The van der Waals surface area contributed by atoms with Crippen LogP contribution in [0, 0.1) is 0 Å². The van der Waals surface area contributed by atoms with E-state index in [0.29, 0.717) is 0 Å². The van der Waals surface area contributed by atoms with Crippen molar-refractivity contribution in [2.75, 3.05) is 0 Å². The predicted molar refractivity (Wildman–Crippen MR) is 165 cm³/mol. The number of hydrogen-bond donors (Lipinski definition) is 0. The van der Waals surface area contributed by atoms with Crippen LogP contribution in [0.15, 0.2) is 150 Å². The molecule has 0 N–H and O–H groups in total. The second kappa shape index (κ2) is 8.72. The van der Waals surface area contributed by atoms with Crippen LogP contribution in [0.1, 0.15) is 0 Å². The van der Waals surface area contributed by atoms with Crippen LogP contribution >= 0.6 is 0 Å². The molecule has 0 aliphatic carbocycles. The monoisotopic (exact) mass is 496 g/mol. The molecule has 0 fully saturated rings. The number of furan rings is 1. The molecule has 0 aliphatic rings. The second-order valence-corrected chi connectivity index (χ2v) is 10.1. The fraction of sp³-hybridized carbons (Fsp3) is 0.